The molecular formula is C19H19ClF2O6. The molecule has 9 heteroatoms. The summed E-state index contributed by atoms with van der Waals surface area (Å²) in [5.41, 5.74) is -0.402. The highest BCUT2D eigenvalue weighted by molar-refractivity contribution is 6.31. The summed E-state index contributed by atoms with van der Waals surface area (Å²) in [6, 6.07) is 5.38. The molecule has 2 aromatic rings. The van der Waals surface area contributed by atoms with E-state index in [1.807, 2.05) is 0 Å². The average molecular weight is 417 g/mol. The molecule has 2 aromatic carbocycles. The lowest BCUT2D eigenvalue weighted by atomic mass is 9.91. The zero-order valence-electron chi connectivity index (χ0n) is 14.5. The number of aliphatic hydroxyl groups excluding tert-OH is 2. The number of phenolic OH excluding ortho intramolecular Hbond substituents is 1. The van der Waals surface area contributed by atoms with E-state index in [0.29, 0.717) is 17.7 Å². The fourth-order valence-electron chi connectivity index (χ4n) is 3.26. The van der Waals surface area contributed by atoms with E-state index in [9.17, 15) is 34.3 Å². The third kappa shape index (κ3) is 3.98. The van der Waals surface area contributed by atoms with E-state index in [1.54, 1.807) is 6.07 Å². The summed E-state index contributed by atoms with van der Waals surface area (Å²) in [7, 11) is 0. The second-order valence-corrected chi connectivity index (χ2v) is 7.16. The maximum absolute atomic E-state index is 13.7. The molecule has 152 valence electrons. The number of halogens is 3. The molecular weight excluding hydrogens is 398 g/mol. The highest BCUT2D eigenvalue weighted by Gasteiger charge is 2.35. The van der Waals surface area contributed by atoms with E-state index in [1.165, 1.54) is 12.1 Å². The van der Waals surface area contributed by atoms with Gasteiger partial charge in [0.15, 0.2) is 17.4 Å². The number of rotatable bonds is 4. The summed E-state index contributed by atoms with van der Waals surface area (Å²) in [6.07, 6.45) is -1.47. The van der Waals surface area contributed by atoms with Gasteiger partial charge in [0.1, 0.15) is 0 Å². The van der Waals surface area contributed by atoms with Crippen LogP contribution in [0.15, 0.2) is 30.3 Å². The molecule has 3 unspecified atom stereocenters. The average Bonchev–Trinajstić information content (AvgIpc) is 2.65. The molecule has 0 spiro atoms. The quantitative estimate of drug-likeness (QED) is 0.488. The Labute approximate surface area is 164 Å². The smallest absolute Gasteiger partial charge is 0.219 e. The van der Waals surface area contributed by atoms with Gasteiger partial charge in [-0.1, -0.05) is 17.7 Å². The topological polar surface area (TPSA) is 110 Å². The van der Waals surface area contributed by atoms with E-state index < -0.39 is 47.0 Å². The minimum atomic E-state index is -2.87. The molecule has 6 nitrogen and oxygen atoms in total. The van der Waals surface area contributed by atoms with E-state index in [4.69, 9.17) is 16.3 Å². The van der Waals surface area contributed by atoms with Crippen molar-refractivity contribution in [2.75, 3.05) is 6.61 Å². The second-order valence-electron chi connectivity index (χ2n) is 6.75. The highest BCUT2D eigenvalue weighted by Crippen LogP contribution is 2.38. The van der Waals surface area contributed by atoms with Gasteiger partial charge in [0.2, 0.25) is 5.79 Å². The number of benzene rings is 2. The van der Waals surface area contributed by atoms with Crippen molar-refractivity contribution in [3.8, 4) is 5.75 Å². The Morgan fingerprint density at radius 1 is 1.11 bits per heavy atom. The summed E-state index contributed by atoms with van der Waals surface area (Å²) in [4.78, 5) is 0. The Morgan fingerprint density at radius 2 is 1.75 bits per heavy atom. The Kier molecular flexibility index (Phi) is 5.90. The van der Waals surface area contributed by atoms with Crippen molar-refractivity contribution in [2.45, 2.75) is 36.9 Å². The van der Waals surface area contributed by atoms with Gasteiger partial charge in [-0.25, -0.2) is 8.78 Å². The fourth-order valence-corrected chi connectivity index (χ4v) is 3.50. The summed E-state index contributed by atoms with van der Waals surface area (Å²) in [5, 5.41) is 49.5. The molecule has 0 aliphatic carbocycles. The van der Waals surface area contributed by atoms with Crippen LogP contribution < -0.4 is 0 Å². The SMILES string of the molecule is OCC1CC(O)CC(c2ccc(Cl)c(C(O)(O)c3cc(F)c(O)c(F)c3)c2)O1. The van der Waals surface area contributed by atoms with Crippen LogP contribution in [0, 0.1) is 11.6 Å². The van der Waals surface area contributed by atoms with Gasteiger partial charge < -0.3 is 30.3 Å². The summed E-state index contributed by atoms with van der Waals surface area (Å²) < 4.78 is 33.0. The predicted octanol–water partition coefficient (Wildman–Crippen LogP) is 2.08. The lowest BCUT2D eigenvalue weighted by Gasteiger charge is -2.33. The molecule has 3 rings (SSSR count). The number of aliphatic hydroxyl groups is 4. The fraction of sp³-hybridized carbons (Fsp3) is 0.368. The zero-order valence-corrected chi connectivity index (χ0v) is 15.3. The van der Waals surface area contributed by atoms with E-state index >= 15 is 0 Å². The summed E-state index contributed by atoms with van der Waals surface area (Å²) in [5.74, 6) is -6.83. The molecule has 0 saturated carbocycles. The Balaban J connectivity index is 2.01. The molecule has 0 amide bonds. The van der Waals surface area contributed by atoms with Gasteiger partial charge in [-0.15, -0.1) is 0 Å². The number of aromatic hydroxyl groups is 1. The monoisotopic (exact) mass is 416 g/mol. The van der Waals surface area contributed by atoms with Gasteiger partial charge >= 0.3 is 0 Å². The van der Waals surface area contributed by atoms with Crippen LogP contribution in [0.3, 0.4) is 0 Å². The van der Waals surface area contributed by atoms with Gasteiger partial charge in [-0.3, -0.25) is 0 Å². The first-order valence-electron chi connectivity index (χ1n) is 8.51. The molecule has 5 N–H and O–H groups in total. The Bertz CT molecular complexity index is 852. The van der Waals surface area contributed by atoms with Crippen molar-refractivity contribution in [1.82, 2.24) is 0 Å². The molecule has 1 saturated heterocycles. The second kappa shape index (κ2) is 7.90. The van der Waals surface area contributed by atoms with Crippen molar-refractivity contribution < 1.29 is 39.1 Å². The largest absolute Gasteiger partial charge is 0.503 e. The lowest BCUT2D eigenvalue weighted by molar-refractivity contribution is -0.133. The van der Waals surface area contributed by atoms with E-state index in [2.05, 4.69) is 0 Å². The number of ether oxygens (including phenoxy) is 1. The standard InChI is InChI=1S/C19H19ClF2O6/c20-14-2-1-9(17-7-11(24)6-12(8-23)28-17)3-13(14)19(26,27)10-4-15(21)18(25)16(22)5-10/h1-5,11-12,17,23-27H,6-8H2. The van der Waals surface area contributed by atoms with Crippen LogP contribution in [0.25, 0.3) is 0 Å². The molecule has 1 fully saturated rings. The molecule has 3 atom stereocenters. The summed E-state index contributed by atoms with van der Waals surface area (Å²) in [6.45, 7) is -0.288. The van der Waals surface area contributed by atoms with Crippen LogP contribution in [-0.4, -0.2) is 44.3 Å². The molecule has 0 aromatic heterocycles. The summed E-state index contributed by atoms with van der Waals surface area (Å²) >= 11 is 6.08. The maximum Gasteiger partial charge on any atom is 0.219 e. The van der Waals surface area contributed by atoms with Crippen molar-refractivity contribution in [1.29, 1.82) is 0 Å². The number of phenols is 1. The van der Waals surface area contributed by atoms with Gasteiger partial charge in [-0.05, 0) is 29.8 Å². The maximum atomic E-state index is 13.7. The number of hydrogen-bond donors (Lipinski definition) is 5. The predicted molar refractivity (Wildman–Crippen MR) is 94.6 cm³/mol. The first-order chi connectivity index (χ1) is 13.1. The van der Waals surface area contributed by atoms with Crippen LogP contribution in [-0.2, 0) is 10.5 Å². The van der Waals surface area contributed by atoms with Crippen LogP contribution in [0.1, 0.15) is 35.6 Å². The molecule has 1 aliphatic rings. The minimum absolute atomic E-state index is 0.0855. The first kappa shape index (κ1) is 20.9. The van der Waals surface area contributed by atoms with Gasteiger partial charge in [0, 0.05) is 29.0 Å². The van der Waals surface area contributed by atoms with Crippen LogP contribution in [0.4, 0.5) is 8.78 Å². The van der Waals surface area contributed by atoms with Gasteiger partial charge in [0.05, 0.1) is 24.9 Å². The Morgan fingerprint density at radius 3 is 2.36 bits per heavy atom. The normalized spacial score (nSPS) is 23.0. The van der Waals surface area contributed by atoms with Crippen molar-refractivity contribution >= 4 is 11.6 Å². The molecule has 1 aliphatic heterocycles. The van der Waals surface area contributed by atoms with Crippen molar-refractivity contribution in [3.63, 3.8) is 0 Å². The van der Waals surface area contributed by atoms with Gasteiger partial charge in [0.25, 0.3) is 0 Å². The lowest BCUT2D eigenvalue weighted by Crippen LogP contribution is -2.34. The van der Waals surface area contributed by atoms with Crippen LogP contribution in [0.5, 0.6) is 5.75 Å². The minimum Gasteiger partial charge on any atom is -0.503 e. The van der Waals surface area contributed by atoms with E-state index in [0.717, 1.165) is 0 Å². The third-order valence-electron chi connectivity index (χ3n) is 4.74. The molecule has 0 radical (unpaired) electrons. The van der Waals surface area contributed by atoms with Crippen LogP contribution in [0.2, 0.25) is 5.02 Å². The molecule has 0 bridgehead atoms. The number of hydrogen-bond acceptors (Lipinski definition) is 6. The third-order valence-corrected chi connectivity index (χ3v) is 5.07. The zero-order chi connectivity index (χ0) is 20.6. The van der Waals surface area contributed by atoms with E-state index in [-0.39, 0.29) is 30.0 Å². The van der Waals surface area contributed by atoms with Crippen molar-refractivity contribution in [3.05, 3.63) is 63.7 Å². The van der Waals surface area contributed by atoms with Crippen LogP contribution >= 0.6 is 11.6 Å². The van der Waals surface area contributed by atoms with Gasteiger partial charge in [-0.2, -0.15) is 0 Å². The molecule has 28 heavy (non-hydrogen) atoms. The molecule has 1 heterocycles. The first-order valence-corrected chi connectivity index (χ1v) is 8.88. The Hall–Kier alpha value is -1.81. The van der Waals surface area contributed by atoms with Crippen molar-refractivity contribution in [2.24, 2.45) is 0 Å². The highest BCUT2D eigenvalue weighted by atomic mass is 35.5.